The molecule has 186 valence electrons. The van der Waals surface area contributed by atoms with E-state index < -0.39 is 0 Å². The molecular formula is C30H32ClN3O2. The third kappa shape index (κ3) is 5.97. The van der Waals surface area contributed by atoms with Gasteiger partial charge in [0.25, 0.3) is 5.91 Å². The number of benzene rings is 3. The van der Waals surface area contributed by atoms with E-state index in [0.29, 0.717) is 30.1 Å². The van der Waals surface area contributed by atoms with Crippen LogP contribution in [0, 0.1) is 6.92 Å². The van der Waals surface area contributed by atoms with Crippen LogP contribution in [0.25, 0.3) is 10.9 Å². The van der Waals surface area contributed by atoms with Crippen LogP contribution in [0.15, 0.2) is 79.0 Å². The Morgan fingerprint density at radius 3 is 2.36 bits per heavy atom. The molecule has 0 bridgehead atoms. The van der Waals surface area contributed by atoms with Gasteiger partial charge in [0.05, 0.1) is 10.6 Å². The van der Waals surface area contributed by atoms with Gasteiger partial charge in [-0.15, -0.1) is 0 Å². The maximum atomic E-state index is 13.7. The average molecular weight is 502 g/mol. The Hall–Kier alpha value is -3.57. The molecule has 1 heterocycles. The van der Waals surface area contributed by atoms with E-state index in [-0.39, 0.29) is 24.4 Å². The van der Waals surface area contributed by atoms with E-state index >= 15 is 0 Å². The summed E-state index contributed by atoms with van der Waals surface area (Å²) in [6.07, 6.45) is 2.72. The zero-order valence-electron chi connectivity index (χ0n) is 21.0. The molecule has 0 radical (unpaired) electrons. The number of amides is 2. The van der Waals surface area contributed by atoms with Gasteiger partial charge in [-0.3, -0.25) is 9.59 Å². The first-order chi connectivity index (χ1) is 17.3. The van der Waals surface area contributed by atoms with E-state index in [4.69, 9.17) is 11.6 Å². The van der Waals surface area contributed by atoms with E-state index in [1.54, 1.807) is 29.2 Å². The van der Waals surface area contributed by atoms with Gasteiger partial charge in [-0.25, -0.2) is 0 Å². The number of hydrogen-bond donors (Lipinski definition) is 1. The van der Waals surface area contributed by atoms with E-state index in [1.165, 1.54) is 11.1 Å². The second kappa shape index (κ2) is 11.4. The molecule has 5 nitrogen and oxygen atoms in total. The monoisotopic (exact) mass is 501 g/mol. The summed E-state index contributed by atoms with van der Waals surface area (Å²) >= 11 is 6.30. The van der Waals surface area contributed by atoms with Crippen molar-refractivity contribution in [3.05, 3.63) is 106 Å². The Bertz CT molecular complexity index is 1340. The van der Waals surface area contributed by atoms with Crippen molar-refractivity contribution >= 4 is 34.3 Å². The Balaban J connectivity index is 1.55. The van der Waals surface area contributed by atoms with Crippen LogP contribution in [0.2, 0.25) is 5.02 Å². The molecule has 3 aromatic carbocycles. The van der Waals surface area contributed by atoms with Crippen LogP contribution >= 0.6 is 11.6 Å². The lowest BCUT2D eigenvalue weighted by Crippen LogP contribution is -2.46. The van der Waals surface area contributed by atoms with Crippen LogP contribution in [-0.2, 0) is 17.8 Å². The summed E-state index contributed by atoms with van der Waals surface area (Å²) in [4.78, 5) is 33.7. The minimum atomic E-state index is -0.240. The molecule has 1 aromatic heterocycles. The Morgan fingerprint density at radius 1 is 0.944 bits per heavy atom. The van der Waals surface area contributed by atoms with Crippen molar-refractivity contribution in [1.29, 1.82) is 0 Å². The summed E-state index contributed by atoms with van der Waals surface area (Å²) < 4.78 is 0. The largest absolute Gasteiger partial charge is 0.361 e. The number of para-hydroxylation sites is 1. The molecule has 0 saturated carbocycles. The van der Waals surface area contributed by atoms with Crippen molar-refractivity contribution in [2.75, 3.05) is 13.1 Å². The number of fused-ring (bicyclic) bond motifs is 1. The van der Waals surface area contributed by atoms with Gasteiger partial charge in [0.1, 0.15) is 6.54 Å². The molecule has 0 aliphatic carbocycles. The third-order valence-corrected chi connectivity index (χ3v) is 6.80. The van der Waals surface area contributed by atoms with Crippen LogP contribution in [0.4, 0.5) is 0 Å². The third-order valence-electron chi connectivity index (χ3n) is 6.47. The van der Waals surface area contributed by atoms with Gasteiger partial charge in [-0.1, -0.05) is 71.8 Å². The molecule has 2 amide bonds. The van der Waals surface area contributed by atoms with Crippen LogP contribution in [-0.4, -0.2) is 45.7 Å². The summed E-state index contributed by atoms with van der Waals surface area (Å²) in [5.41, 5.74) is 4.89. The van der Waals surface area contributed by atoms with Gasteiger partial charge in [0, 0.05) is 36.2 Å². The highest BCUT2D eigenvalue weighted by molar-refractivity contribution is 6.33. The first-order valence-corrected chi connectivity index (χ1v) is 12.6. The van der Waals surface area contributed by atoms with Crippen molar-refractivity contribution in [3.63, 3.8) is 0 Å². The molecule has 0 aliphatic heterocycles. The number of carbonyl (C=O) groups is 2. The van der Waals surface area contributed by atoms with Gasteiger partial charge >= 0.3 is 0 Å². The number of aryl methyl sites for hydroxylation is 1. The van der Waals surface area contributed by atoms with E-state index in [1.807, 2.05) is 44.0 Å². The molecule has 0 atom stereocenters. The number of rotatable bonds is 9. The fourth-order valence-electron chi connectivity index (χ4n) is 4.32. The normalized spacial score (nSPS) is 11.1. The van der Waals surface area contributed by atoms with Crippen LogP contribution in [0.5, 0.6) is 0 Å². The molecule has 0 saturated heterocycles. The summed E-state index contributed by atoms with van der Waals surface area (Å²) in [7, 11) is 0. The quantitative estimate of drug-likeness (QED) is 0.294. The Labute approximate surface area is 217 Å². The molecule has 0 spiro atoms. The van der Waals surface area contributed by atoms with Gasteiger partial charge in [-0.05, 0) is 56.5 Å². The van der Waals surface area contributed by atoms with Crippen molar-refractivity contribution in [2.24, 2.45) is 0 Å². The molecule has 0 fully saturated rings. The zero-order valence-corrected chi connectivity index (χ0v) is 21.8. The lowest BCUT2D eigenvalue weighted by molar-refractivity contribution is -0.132. The Kier molecular flexibility index (Phi) is 8.11. The predicted molar refractivity (Wildman–Crippen MR) is 146 cm³/mol. The van der Waals surface area contributed by atoms with E-state index in [9.17, 15) is 9.59 Å². The first kappa shape index (κ1) is 25.5. The summed E-state index contributed by atoms with van der Waals surface area (Å²) in [5, 5.41) is 1.55. The molecule has 0 unspecified atom stereocenters. The van der Waals surface area contributed by atoms with Crippen molar-refractivity contribution in [2.45, 2.75) is 39.8 Å². The molecule has 36 heavy (non-hydrogen) atoms. The maximum Gasteiger partial charge on any atom is 0.256 e. The van der Waals surface area contributed by atoms with Gasteiger partial charge in [0.2, 0.25) is 5.91 Å². The maximum absolute atomic E-state index is 13.7. The number of carbonyl (C=O) groups excluding carboxylic acids is 2. The number of nitrogens with one attached hydrogen (secondary N) is 1. The SMILES string of the molecule is Cc1ccc(CN(CCc2c[nH]c3ccccc23)C(=O)CN(C(=O)c2ccccc2Cl)C(C)C)cc1. The zero-order chi connectivity index (χ0) is 25.7. The standard InChI is InChI=1S/C30H32ClN3O2/c1-21(2)34(30(36)26-9-4-6-10-27(26)31)20-29(35)33(19-23-14-12-22(3)13-15-23)17-16-24-18-32-28-11-7-5-8-25(24)28/h4-15,18,21,32H,16-17,19-20H2,1-3H3. The van der Waals surface area contributed by atoms with Crippen molar-refractivity contribution in [3.8, 4) is 0 Å². The molecule has 0 aliphatic rings. The number of aromatic nitrogens is 1. The predicted octanol–water partition coefficient (Wildman–Crippen LogP) is 6.25. The van der Waals surface area contributed by atoms with Crippen LogP contribution < -0.4 is 0 Å². The molecule has 4 rings (SSSR count). The van der Waals surface area contributed by atoms with Gasteiger partial charge in [0.15, 0.2) is 0 Å². The second-order valence-electron chi connectivity index (χ2n) is 9.42. The lowest BCUT2D eigenvalue weighted by Gasteiger charge is -2.30. The van der Waals surface area contributed by atoms with Crippen LogP contribution in [0.1, 0.15) is 40.9 Å². The smallest absolute Gasteiger partial charge is 0.256 e. The van der Waals surface area contributed by atoms with Crippen LogP contribution in [0.3, 0.4) is 0 Å². The van der Waals surface area contributed by atoms with Gasteiger partial charge < -0.3 is 14.8 Å². The highest BCUT2D eigenvalue weighted by atomic mass is 35.5. The topological polar surface area (TPSA) is 56.4 Å². The summed E-state index contributed by atoms with van der Waals surface area (Å²) in [6, 6.07) is 23.2. The highest BCUT2D eigenvalue weighted by Gasteiger charge is 2.26. The molecular weight excluding hydrogens is 470 g/mol. The average Bonchev–Trinajstić information content (AvgIpc) is 3.29. The fourth-order valence-corrected chi connectivity index (χ4v) is 4.54. The molecule has 1 N–H and O–H groups in total. The lowest BCUT2D eigenvalue weighted by atomic mass is 10.1. The summed E-state index contributed by atoms with van der Waals surface area (Å²) in [5.74, 6) is -0.333. The minimum absolute atomic E-state index is 0.0124. The van der Waals surface area contributed by atoms with Crippen molar-refractivity contribution in [1.82, 2.24) is 14.8 Å². The molecule has 4 aromatic rings. The fraction of sp³-hybridized carbons (Fsp3) is 0.267. The number of hydrogen-bond acceptors (Lipinski definition) is 2. The second-order valence-corrected chi connectivity index (χ2v) is 9.82. The number of aromatic amines is 1. The highest BCUT2D eigenvalue weighted by Crippen LogP contribution is 2.21. The van der Waals surface area contributed by atoms with E-state index in [2.05, 4.69) is 41.4 Å². The van der Waals surface area contributed by atoms with Crippen molar-refractivity contribution < 1.29 is 9.59 Å². The first-order valence-electron chi connectivity index (χ1n) is 12.3. The number of nitrogens with zero attached hydrogens (tertiary/aromatic N) is 2. The Morgan fingerprint density at radius 2 is 1.64 bits per heavy atom. The number of H-pyrrole nitrogens is 1. The minimum Gasteiger partial charge on any atom is -0.361 e. The van der Waals surface area contributed by atoms with E-state index in [0.717, 1.165) is 16.5 Å². The molecule has 6 heteroatoms. The van der Waals surface area contributed by atoms with Gasteiger partial charge in [-0.2, -0.15) is 0 Å². The number of halogens is 1. The summed E-state index contributed by atoms with van der Waals surface area (Å²) in [6.45, 7) is 6.89.